The number of rotatable bonds is 7. The Morgan fingerprint density at radius 3 is 2.75 bits per heavy atom. The molecule has 1 N–H and O–H groups in total. The van der Waals surface area contributed by atoms with Gasteiger partial charge in [0.2, 0.25) is 5.91 Å². The number of carbonyl (C=O) groups is 1. The van der Waals surface area contributed by atoms with Crippen molar-refractivity contribution in [2.75, 3.05) is 24.5 Å². The zero-order valence-electron chi connectivity index (χ0n) is 17.0. The molecule has 1 aromatic carbocycles. The van der Waals surface area contributed by atoms with Crippen LogP contribution in [0.25, 0.3) is 0 Å². The Morgan fingerprint density at radius 2 is 2.00 bits per heavy atom. The molecular formula is C22H30N4O2. The van der Waals surface area contributed by atoms with E-state index in [0.717, 1.165) is 38.1 Å². The highest BCUT2D eigenvalue weighted by Gasteiger charge is 2.28. The zero-order valence-corrected chi connectivity index (χ0v) is 17.0. The first kappa shape index (κ1) is 20.1. The zero-order chi connectivity index (χ0) is 19.9. The van der Waals surface area contributed by atoms with Gasteiger partial charge in [0.15, 0.2) is 5.82 Å². The number of carbonyl (C=O) groups excluding carboxylic acids is 1. The maximum Gasteiger partial charge on any atom is 0.263 e. The van der Waals surface area contributed by atoms with Crippen molar-refractivity contribution in [3.05, 3.63) is 42.2 Å². The van der Waals surface area contributed by atoms with Crippen molar-refractivity contribution in [3.63, 3.8) is 0 Å². The molecule has 1 aliphatic heterocycles. The molecule has 150 valence electrons. The summed E-state index contributed by atoms with van der Waals surface area (Å²) in [6, 6.07) is 7.86. The van der Waals surface area contributed by atoms with Gasteiger partial charge in [0, 0.05) is 32.0 Å². The van der Waals surface area contributed by atoms with Gasteiger partial charge in [0.25, 0.3) is 5.88 Å². The van der Waals surface area contributed by atoms with E-state index in [0.29, 0.717) is 24.2 Å². The summed E-state index contributed by atoms with van der Waals surface area (Å²) in [6.07, 6.45) is 6.15. The van der Waals surface area contributed by atoms with Crippen molar-refractivity contribution in [1.29, 1.82) is 0 Å². The molecule has 1 aliphatic rings. The van der Waals surface area contributed by atoms with Crippen LogP contribution in [0, 0.1) is 18.8 Å². The third-order valence-corrected chi connectivity index (χ3v) is 4.99. The topological polar surface area (TPSA) is 67.4 Å². The molecule has 1 fully saturated rings. The van der Waals surface area contributed by atoms with Crippen LogP contribution in [-0.4, -0.2) is 35.5 Å². The molecule has 0 aliphatic carbocycles. The fourth-order valence-corrected chi connectivity index (χ4v) is 3.34. The summed E-state index contributed by atoms with van der Waals surface area (Å²) in [5.41, 5.74) is 1.18. The van der Waals surface area contributed by atoms with Crippen LogP contribution in [0.5, 0.6) is 11.6 Å². The third kappa shape index (κ3) is 5.44. The van der Waals surface area contributed by atoms with E-state index in [4.69, 9.17) is 4.74 Å². The Labute approximate surface area is 167 Å². The second-order valence-corrected chi connectivity index (χ2v) is 7.86. The van der Waals surface area contributed by atoms with Crippen LogP contribution >= 0.6 is 0 Å². The standard InChI is InChI=1S/C22H30N4O2/c1-16(2)10-11-24-21(27)18-5-4-14-26(15-18)20-22(25-13-12-23-20)28-19-8-6-17(3)7-9-19/h6-9,12-13,16,18H,4-5,10-11,14-15H2,1-3H3,(H,24,27). The van der Waals surface area contributed by atoms with Gasteiger partial charge in [0.05, 0.1) is 5.92 Å². The second-order valence-electron chi connectivity index (χ2n) is 7.86. The largest absolute Gasteiger partial charge is 0.436 e. The van der Waals surface area contributed by atoms with Crippen molar-refractivity contribution >= 4 is 11.7 Å². The Kier molecular flexibility index (Phi) is 6.85. The van der Waals surface area contributed by atoms with Gasteiger partial charge >= 0.3 is 0 Å². The summed E-state index contributed by atoms with van der Waals surface area (Å²) < 4.78 is 5.99. The molecule has 2 aromatic rings. The van der Waals surface area contributed by atoms with Crippen LogP contribution in [0.15, 0.2) is 36.7 Å². The number of ether oxygens (including phenoxy) is 1. The molecule has 6 nitrogen and oxygen atoms in total. The number of amides is 1. The van der Waals surface area contributed by atoms with E-state index >= 15 is 0 Å². The van der Waals surface area contributed by atoms with Gasteiger partial charge in [-0.25, -0.2) is 9.97 Å². The number of hydrogen-bond donors (Lipinski definition) is 1. The predicted octanol–water partition coefficient (Wildman–Crippen LogP) is 3.96. The predicted molar refractivity (Wildman–Crippen MR) is 111 cm³/mol. The van der Waals surface area contributed by atoms with Crippen molar-refractivity contribution < 1.29 is 9.53 Å². The van der Waals surface area contributed by atoms with Gasteiger partial charge in [-0.2, -0.15) is 0 Å². The minimum Gasteiger partial charge on any atom is -0.436 e. The van der Waals surface area contributed by atoms with Crippen LogP contribution < -0.4 is 15.0 Å². The molecule has 1 atom stereocenters. The van der Waals surface area contributed by atoms with Gasteiger partial charge in [-0.3, -0.25) is 4.79 Å². The molecule has 6 heteroatoms. The summed E-state index contributed by atoms with van der Waals surface area (Å²) in [5.74, 6) is 2.59. The number of aromatic nitrogens is 2. The average molecular weight is 383 g/mol. The van der Waals surface area contributed by atoms with Gasteiger partial charge in [-0.15, -0.1) is 0 Å². The Balaban J connectivity index is 1.67. The molecule has 1 saturated heterocycles. The van der Waals surface area contributed by atoms with Crippen LogP contribution in [-0.2, 0) is 4.79 Å². The van der Waals surface area contributed by atoms with E-state index in [1.165, 1.54) is 5.56 Å². The summed E-state index contributed by atoms with van der Waals surface area (Å²) in [7, 11) is 0. The lowest BCUT2D eigenvalue weighted by Gasteiger charge is -2.33. The number of anilines is 1. The number of hydrogen-bond acceptors (Lipinski definition) is 5. The molecule has 0 radical (unpaired) electrons. The highest BCUT2D eigenvalue weighted by atomic mass is 16.5. The highest BCUT2D eigenvalue weighted by molar-refractivity contribution is 5.79. The molecule has 1 amide bonds. The van der Waals surface area contributed by atoms with Crippen molar-refractivity contribution in [2.45, 2.75) is 40.0 Å². The van der Waals surface area contributed by atoms with Crippen molar-refractivity contribution in [1.82, 2.24) is 15.3 Å². The first-order valence-corrected chi connectivity index (χ1v) is 10.1. The Hall–Kier alpha value is -2.63. The van der Waals surface area contributed by atoms with Crippen LogP contribution in [0.4, 0.5) is 5.82 Å². The maximum absolute atomic E-state index is 12.6. The van der Waals surface area contributed by atoms with Gasteiger partial charge in [0.1, 0.15) is 5.75 Å². The molecule has 0 spiro atoms. The smallest absolute Gasteiger partial charge is 0.263 e. The maximum atomic E-state index is 12.6. The van der Waals surface area contributed by atoms with Crippen LogP contribution in [0.2, 0.25) is 0 Å². The van der Waals surface area contributed by atoms with Crippen LogP contribution in [0.1, 0.15) is 38.7 Å². The highest BCUT2D eigenvalue weighted by Crippen LogP contribution is 2.31. The van der Waals surface area contributed by atoms with Gasteiger partial charge < -0.3 is 15.0 Å². The number of piperidine rings is 1. The van der Waals surface area contributed by atoms with E-state index < -0.39 is 0 Å². The number of benzene rings is 1. The van der Waals surface area contributed by atoms with Crippen molar-refractivity contribution in [2.24, 2.45) is 11.8 Å². The SMILES string of the molecule is Cc1ccc(Oc2nccnc2N2CCCC(C(=O)NCCC(C)C)C2)cc1. The lowest BCUT2D eigenvalue weighted by Crippen LogP contribution is -2.43. The molecule has 28 heavy (non-hydrogen) atoms. The quantitative estimate of drug-likeness (QED) is 0.785. The summed E-state index contributed by atoms with van der Waals surface area (Å²) in [5, 5.41) is 3.08. The molecule has 0 saturated carbocycles. The summed E-state index contributed by atoms with van der Waals surface area (Å²) >= 11 is 0. The monoisotopic (exact) mass is 382 g/mol. The average Bonchev–Trinajstić information content (AvgIpc) is 2.70. The van der Waals surface area contributed by atoms with Crippen molar-refractivity contribution in [3.8, 4) is 11.6 Å². The molecule has 2 heterocycles. The lowest BCUT2D eigenvalue weighted by molar-refractivity contribution is -0.125. The van der Waals surface area contributed by atoms with E-state index in [2.05, 4.69) is 34.0 Å². The Bertz CT molecular complexity index is 776. The van der Waals surface area contributed by atoms with Gasteiger partial charge in [-0.05, 0) is 44.2 Å². The minimum atomic E-state index is -0.0323. The van der Waals surface area contributed by atoms with Crippen LogP contribution in [0.3, 0.4) is 0 Å². The molecule has 1 unspecified atom stereocenters. The molecular weight excluding hydrogens is 352 g/mol. The summed E-state index contributed by atoms with van der Waals surface area (Å²) in [6.45, 7) is 8.59. The van der Waals surface area contributed by atoms with E-state index in [-0.39, 0.29) is 11.8 Å². The van der Waals surface area contributed by atoms with Gasteiger partial charge in [-0.1, -0.05) is 31.5 Å². The van der Waals surface area contributed by atoms with E-state index in [1.54, 1.807) is 12.4 Å². The molecule has 3 rings (SSSR count). The van der Waals surface area contributed by atoms with E-state index in [1.807, 2.05) is 31.2 Å². The lowest BCUT2D eigenvalue weighted by atomic mass is 9.97. The van der Waals surface area contributed by atoms with E-state index in [9.17, 15) is 4.79 Å². The minimum absolute atomic E-state index is 0.0323. The number of aryl methyl sites for hydroxylation is 1. The molecule has 0 bridgehead atoms. The molecule has 1 aromatic heterocycles. The first-order valence-electron chi connectivity index (χ1n) is 10.1. The number of nitrogens with zero attached hydrogens (tertiary/aromatic N) is 3. The fraction of sp³-hybridized carbons (Fsp3) is 0.500. The normalized spacial score (nSPS) is 16.9. The third-order valence-electron chi connectivity index (χ3n) is 4.99. The first-order chi connectivity index (χ1) is 13.5. The summed E-state index contributed by atoms with van der Waals surface area (Å²) in [4.78, 5) is 23.6. The Morgan fingerprint density at radius 1 is 1.25 bits per heavy atom. The number of nitrogens with one attached hydrogen (secondary N) is 1. The second kappa shape index (κ2) is 9.53. The fourth-order valence-electron chi connectivity index (χ4n) is 3.34.